The summed E-state index contributed by atoms with van der Waals surface area (Å²) in [6.45, 7) is 2.30. The number of nitrogens with one attached hydrogen (secondary N) is 3. The quantitative estimate of drug-likeness (QED) is 0.626. The van der Waals surface area contributed by atoms with E-state index in [-0.39, 0.29) is 12.3 Å². The number of hydrogen-bond donors (Lipinski definition) is 3. The van der Waals surface area contributed by atoms with E-state index in [2.05, 4.69) is 15.8 Å². The number of rotatable bonds is 5. The van der Waals surface area contributed by atoms with Crippen LogP contribution in [0, 0.1) is 0 Å². The van der Waals surface area contributed by atoms with Crippen LogP contribution in [0.1, 0.15) is 22.8 Å². The molecule has 0 spiro atoms. The number of fused-ring (bicyclic) bond motifs is 1. The van der Waals surface area contributed by atoms with Gasteiger partial charge in [-0.1, -0.05) is 30.3 Å². The molecule has 0 fully saturated rings. The smallest absolute Gasteiger partial charge is 0.273 e. The number of ether oxygens (including phenoxy) is 1. The Balaban J connectivity index is 1.62. The van der Waals surface area contributed by atoms with Crippen molar-refractivity contribution in [3.8, 4) is 5.75 Å². The molecule has 2 aromatic carbocycles. The van der Waals surface area contributed by atoms with Gasteiger partial charge in [-0.15, -0.1) is 0 Å². The lowest BCUT2D eigenvalue weighted by Gasteiger charge is -2.11. The number of aromatic nitrogens is 1. The lowest BCUT2D eigenvalue weighted by Crippen LogP contribution is -2.42. The Bertz CT molecular complexity index is 902. The summed E-state index contributed by atoms with van der Waals surface area (Å²) in [7, 11) is 0. The SMILES string of the molecule is CCOc1ccccc1C(=O)NNC(=O)Cc1c[nH]c2ccccc12. The zero-order chi connectivity index (χ0) is 17.6. The standard InChI is InChI=1S/C19H19N3O3/c1-2-25-17-10-6-4-8-15(17)19(24)22-21-18(23)11-13-12-20-16-9-5-3-7-14(13)16/h3-10,12,20H,2,11H2,1H3,(H,21,23)(H,22,24). The van der Waals surface area contributed by atoms with Crippen molar-refractivity contribution in [3.63, 3.8) is 0 Å². The minimum atomic E-state index is -0.420. The van der Waals surface area contributed by atoms with Gasteiger partial charge < -0.3 is 9.72 Å². The second-order valence-electron chi connectivity index (χ2n) is 5.47. The molecule has 0 aliphatic heterocycles. The first-order chi connectivity index (χ1) is 12.2. The van der Waals surface area contributed by atoms with Gasteiger partial charge in [0.2, 0.25) is 5.91 Å². The van der Waals surface area contributed by atoms with Crippen LogP contribution in [-0.2, 0) is 11.2 Å². The number of amides is 2. The normalized spacial score (nSPS) is 10.4. The maximum atomic E-state index is 12.2. The molecule has 0 atom stereocenters. The molecule has 1 heterocycles. The van der Waals surface area contributed by atoms with E-state index < -0.39 is 5.91 Å². The van der Waals surface area contributed by atoms with Gasteiger partial charge in [-0.25, -0.2) is 0 Å². The van der Waals surface area contributed by atoms with Gasteiger partial charge in [0.25, 0.3) is 5.91 Å². The second kappa shape index (κ2) is 7.53. The lowest BCUT2D eigenvalue weighted by atomic mass is 10.1. The Hall–Kier alpha value is -3.28. The van der Waals surface area contributed by atoms with E-state index in [0.717, 1.165) is 16.5 Å². The number of para-hydroxylation sites is 2. The molecular formula is C19H19N3O3. The monoisotopic (exact) mass is 337 g/mol. The third-order valence-corrected chi connectivity index (χ3v) is 3.77. The van der Waals surface area contributed by atoms with Crippen molar-refractivity contribution in [1.29, 1.82) is 0 Å². The van der Waals surface area contributed by atoms with Gasteiger partial charge in [-0.2, -0.15) is 0 Å². The molecule has 0 unspecified atom stereocenters. The van der Waals surface area contributed by atoms with Crippen LogP contribution in [0.3, 0.4) is 0 Å². The summed E-state index contributed by atoms with van der Waals surface area (Å²) in [4.78, 5) is 27.5. The van der Waals surface area contributed by atoms with Gasteiger partial charge in [0.1, 0.15) is 5.75 Å². The molecule has 2 amide bonds. The number of carbonyl (C=O) groups excluding carboxylic acids is 2. The maximum Gasteiger partial charge on any atom is 0.273 e. The summed E-state index contributed by atoms with van der Waals surface area (Å²) in [5.41, 5.74) is 7.09. The van der Waals surface area contributed by atoms with E-state index in [1.165, 1.54) is 0 Å². The van der Waals surface area contributed by atoms with Crippen molar-refractivity contribution in [1.82, 2.24) is 15.8 Å². The van der Waals surface area contributed by atoms with Crippen molar-refractivity contribution < 1.29 is 14.3 Å². The Kier molecular flexibility index (Phi) is 4.99. The lowest BCUT2D eigenvalue weighted by molar-refractivity contribution is -0.121. The largest absolute Gasteiger partial charge is 0.493 e. The van der Waals surface area contributed by atoms with Crippen LogP contribution in [-0.4, -0.2) is 23.4 Å². The maximum absolute atomic E-state index is 12.2. The fourth-order valence-corrected chi connectivity index (χ4v) is 2.62. The molecule has 128 valence electrons. The predicted molar refractivity (Wildman–Crippen MR) is 95.2 cm³/mol. The summed E-state index contributed by atoms with van der Waals surface area (Å²) < 4.78 is 5.42. The van der Waals surface area contributed by atoms with E-state index in [9.17, 15) is 9.59 Å². The number of carbonyl (C=O) groups is 2. The molecule has 6 heteroatoms. The summed E-state index contributed by atoms with van der Waals surface area (Å²) in [5.74, 6) is -0.239. The zero-order valence-electron chi connectivity index (χ0n) is 13.8. The first-order valence-electron chi connectivity index (χ1n) is 8.05. The highest BCUT2D eigenvalue weighted by molar-refractivity contribution is 5.98. The molecule has 25 heavy (non-hydrogen) atoms. The van der Waals surface area contributed by atoms with Crippen molar-refractivity contribution in [3.05, 3.63) is 65.9 Å². The van der Waals surface area contributed by atoms with Crippen LogP contribution in [0.25, 0.3) is 10.9 Å². The van der Waals surface area contributed by atoms with E-state index >= 15 is 0 Å². The Morgan fingerprint density at radius 3 is 2.64 bits per heavy atom. The number of H-pyrrole nitrogens is 1. The number of hydrazine groups is 1. The molecule has 3 aromatic rings. The average Bonchev–Trinajstić information content (AvgIpc) is 3.03. The van der Waals surface area contributed by atoms with E-state index in [0.29, 0.717) is 17.9 Å². The van der Waals surface area contributed by atoms with Crippen molar-refractivity contribution in [2.75, 3.05) is 6.61 Å². The van der Waals surface area contributed by atoms with E-state index in [1.807, 2.05) is 31.2 Å². The molecule has 0 saturated heterocycles. The number of aromatic amines is 1. The highest BCUT2D eigenvalue weighted by atomic mass is 16.5. The summed E-state index contributed by atoms with van der Waals surface area (Å²) in [5, 5.41) is 0.991. The van der Waals surface area contributed by atoms with Crippen molar-refractivity contribution in [2.24, 2.45) is 0 Å². The minimum absolute atomic E-state index is 0.164. The van der Waals surface area contributed by atoms with Crippen molar-refractivity contribution >= 4 is 22.7 Å². The Morgan fingerprint density at radius 2 is 1.80 bits per heavy atom. The van der Waals surface area contributed by atoms with Crippen LogP contribution >= 0.6 is 0 Å². The van der Waals surface area contributed by atoms with Gasteiger partial charge >= 0.3 is 0 Å². The van der Waals surface area contributed by atoms with Gasteiger partial charge in [0.05, 0.1) is 18.6 Å². The summed E-state index contributed by atoms with van der Waals surface area (Å²) in [6, 6.07) is 14.6. The van der Waals surface area contributed by atoms with Crippen LogP contribution in [0.5, 0.6) is 5.75 Å². The molecule has 0 radical (unpaired) electrons. The fourth-order valence-electron chi connectivity index (χ4n) is 2.62. The summed E-state index contributed by atoms with van der Waals surface area (Å²) in [6.07, 6.45) is 1.97. The van der Waals surface area contributed by atoms with Crippen LogP contribution in [0.4, 0.5) is 0 Å². The Morgan fingerprint density at radius 1 is 1.04 bits per heavy atom. The molecule has 1 aromatic heterocycles. The molecule has 3 N–H and O–H groups in total. The molecule has 0 aliphatic rings. The van der Waals surface area contributed by atoms with Crippen LogP contribution < -0.4 is 15.6 Å². The summed E-state index contributed by atoms with van der Waals surface area (Å²) >= 11 is 0. The van der Waals surface area contributed by atoms with E-state index in [4.69, 9.17) is 4.74 Å². The highest BCUT2D eigenvalue weighted by Gasteiger charge is 2.13. The van der Waals surface area contributed by atoms with Gasteiger partial charge in [0.15, 0.2) is 0 Å². The van der Waals surface area contributed by atoms with Gasteiger partial charge in [-0.3, -0.25) is 20.4 Å². The van der Waals surface area contributed by atoms with Crippen LogP contribution in [0.15, 0.2) is 54.7 Å². The first-order valence-corrected chi connectivity index (χ1v) is 8.05. The molecule has 0 saturated carbocycles. The minimum Gasteiger partial charge on any atom is -0.493 e. The third-order valence-electron chi connectivity index (χ3n) is 3.77. The van der Waals surface area contributed by atoms with Gasteiger partial charge in [-0.05, 0) is 30.7 Å². The average molecular weight is 337 g/mol. The van der Waals surface area contributed by atoms with Crippen molar-refractivity contribution in [2.45, 2.75) is 13.3 Å². The molecule has 0 bridgehead atoms. The fraction of sp³-hybridized carbons (Fsp3) is 0.158. The number of hydrogen-bond acceptors (Lipinski definition) is 3. The Labute approximate surface area is 145 Å². The molecule has 0 aliphatic carbocycles. The number of benzene rings is 2. The predicted octanol–water partition coefficient (Wildman–Crippen LogP) is 2.57. The zero-order valence-corrected chi connectivity index (χ0v) is 13.8. The molecule has 6 nitrogen and oxygen atoms in total. The molecule has 3 rings (SSSR count). The highest BCUT2D eigenvalue weighted by Crippen LogP contribution is 2.18. The third kappa shape index (κ3) is 3.80. The molecular weight excluding hydrogens is 318 g/mol. The van der Waals surface area contributed by atoms with Crippen LogP contribution in [0.2, 0.25) is 0 Å². The van der Waals surface area contributed by atoms with E-state index in [1.54, 1.807) is 30.5 Å². The second-order valence-corrected chi connectivity index (χ2v) is 5.47. The first kappa shape index (κ1) is 16.6. The topological polar surface area (TPSA) is 83.2 Å². The van der Waals surface area contributed by atoms with Gasteiger partial charge in [0, 0.05) is 17.1 Å².